The Kier molecular flexibility index (Phi) is 10.3. The lowest BCUT2D eigenvalue weighted by atomic mass is 10.1. The van der Waals surface area contributed by atoms with E-state index in [1.54, 1.807) is 28.4 Å². The largest absolute Gasteiger partial charge is 0.493 e. The van der Waals surface area contributed by atoms with Crippen molar-refractivity contribution in [2.24, 2.45) is 4.99 Å². The van der Waals surface area contributed by atoms with Crippen molar-refractivity contribution in [3.63, 3.8) is 0 Å². The van der Waals surface area contributed by atoms with Crippen LogP contribution in [-0.2, 0) is 6.42 Å². The van der Waals surface area contributed by atoms with E-state index in [1.807, 2.05) is 50.2 Å². The fourth-order valence-corrected chi connectivity index (χ4v) is 3.21. The van der Waals surface area contributed by atoms with Crippen LogP contribution in [0.15, 0.2) is 41.4 Å². The normalized spacial score (nSPS) is 12.0. The molecule has 0 aliphatic rings. The highest BCUT2D eigenvalue weighted by molar-refractivity contribution is 5.79. The van der Waals surface area contributed by atoms with Crippen LogP contribution in [0.2, 0.25) is 0 Å². The minimum atomic E-state index is -0.118. The van der Waals surface area contributed by atoms with Crippen LogP contribution in [0.1, 0.15) is 19.4 Å². The highest BCUT2D eigenvalue weighted by Crippen LogP contribution is 2.39. The zero-order valence-electron chi connectivity index (χ0n) is 19.9. The lowest BCUT2D eigenvalue weighted by molar-refractivity contribution is 0.219. The van der Waals surface area contributed by atoms with Crippen molar-refractivity contribution >= 4 is 5.96 Å². The van der Waals surface area contributed by atoms with Gasteiger partial charge in [-0.05, 0) is 38.5 Å². The van der Waals surface area contributed by atoms with Crippen molar-refractivity contribution in [1.29, 1.82) is 0 Å². The molecule has 2 rings (SSSR count). The Labute approximate surface area is 190 Å². The molecule has 0 radical (unpaired) electrons. The summed E-state index contributed by atoms with van der Waals surface area (Å²) in [6, 6.07) is 11.5. The molecule has 0 aliphatic heterocycles. The summed E-state index contributed by atoms with van der Waals surface area (Å²) in [7, 11) is 6.47. The first kappa shape index (κ1) is 25.0. The summed E-state index contributed by atoms with van der Waals surface area (Å²) in [6.45, 7) is 5.93. The van der Waals surface area contributed by atoms with Gasteiger partial charge in [-0.2, -0.15) is 0 Å². The number of benzene rings is 2. The molecule has 0 spiro atoms. The molecule has 0 fully saturated rings. The Morgan fingerprint density at radius 1 is 0.844 bits per heavy atom. The molecule has 1 atom stereocenters. The van der Waals surface area contributed by atoms with E-state index in [4.69, 9.17) is 23.7 Å². The molecule has 0 aromatic heterocycles. The Hall–Kier alpha value is -3.29. The quantitative estimate of drug-likeness (QED) is 0.383. The molecule has 8 heteroatoms. The lowest BCUT2D eigenvalue weighted by Gasteiger charge is -2.18. The maximum Gasteiger partial charge on any atom is 0.203 e. The fraction of sp³-hybridized carbons (Fsp3) is 0.458. The molecular formula is C24H35N3O5. The summed E-state index contributed by atoms with van der Waals surface area (Å²) in [4.78, 5) is 4.65. The third kappa shape index (κ3) is 6.87. The summed E-state index contributed by atoms with van der Waals surface area (Å²) in [6.07, 6.45) is 0.606. The monoisotopic (exact) mass is 445 g/mol. The molecule has 8 nitrogen and oxygen atoms in total. The number of nitrogens with zero attached hydrogens (tertiary/aromatic N) is 1. The van der Waals surface area contributed by atoms with Gasteiger partial charge in [-0.3, -0.25) is 0 Å². The molecule has 0 saturated heterocycles. The maximum absolute atomic E-state index is 5.99. The molecule has 0 saturated carbocycles. The van der Waals surface area contributed by atoms with Crippen molar-refractivity contribution in [2.75, 3.05) is 48.1 Å². The van der Waals surface area contributed by atoms with Gasteiger partial charge in [-0.25, -0.2) is 4.99 Å². The van der Waals surface area contributed by atoms with E-state index in [9.17, 15) is 0 Å². The SMILES string of the molecule is CCNC(=NCC(C)Oc1ccccc1OC)NCCc1ccc(OC)c(OC)c1OC. The first-order valence-corrected chi connectivity index (χ1v) is 10.7. The summed E-state index contributed by atoms with van der Waals surface area (Å²) in [5.41, 5.74) is 1.02. The van der Waals surface area contributed by atoms with Gasteiger partial charge in [-0.15, -0.1) is 0 Å². The number of hydrogen-bond donors (Lipinski definition) is 2. The second kappa shape index (κ2) is 13.2. The second-order valence-corrected chi connectivity index (χ2v) is 6.97. The summed E-state index contributed by atoms with van der Waals surface area (Å²) in [5, 5.41) is 6.62. The standard InChI is InChI=1S/C24H35N3O5/c1-7-25-24(27-16-17(2)32-20-11-9-8-10-19(20)28-3)26-15-14-18-12-13-21(29-4)23(31-6)22(18)30-5/h8-13,17H,7,14-16H2,1-6H3,(H2,25,26,27). The Bertz CT molecular complexity index is 873. The zero-order chi connectivity index (χ0) is 23.3. The van der Waals surface area contributed by atoms with E-state index in [0.717, 1.165) is 24.5 Å². The molecule has 2 N–H and O–H groups in total. The highest BCUT2D eigenvalue weighted by atomic mass is 16.5. The molecule has 0 bridgehead atoms. The predicted octanol–water partition coefficient (Wildman–Crippen LogP) is 3.29. The van der Waals surface area contributed by atoms with Gasteiger partial charge >= 0.3 is 0 Å². The zero-order valence-corrected chi connectivity index (χ0v) is 19.9. The van der Waals surface area contributed by atoms with E-state index in [0.29, 0.717) is 41.8 Å². The van der Waals surface area contributed by atoms with Gasteiger partial charge < -0.3 is 34.3 Å². The molecule has 0 amide bonds. The third-order valence-corrected chi connectivity index (χ3v) is 4.72. The number of hydrogen-bond acceptors (Lipinski definition) is 6. The van der Waals surface area contributed by atoms with Crippen LogP contribution < -0.4 is 34.3 Å². The molecule has 0 heterocycles. The first-order valence-electron chi connectivity index (χ1n) is 10.7. The number of guanidine groups is 1. The van der Waals surface area contributed by atoms with Crippen molar-refractivity contribution < 1.29 is 23.7 Å². The molecule has 32 heavy (non-hydrogen) atoms. The number of rotatable bonds is 12. The van der Waals surface area contributed by atoms with Gasteiger partial charge in [0.15, 0.2) is 29.0 Å². The molecule has 176 valence electrons. The topological polar surface area (TPSA) is 82.6 Å². The van der Waals surface area contributed by atoms with Crippen LogP contribution in [0, 0.1) is 0 Å². The summed E-state index contributed by atoms with van der Waals surface area (Å²) in [5.74, 6) is 4.04. The summed E-state index contributed by atoms with van der Waals surface area (Å²) < 4.78 is 27.7. The molecular weight excluding hydrogens is 410 g/mol. The number of methoxy groups -OCH3 is 4. The lowest BCUT2D eigenvalue weighted by Crippen LogP contribution is -2.39. The van der Waals surface area contributed by atoms with Crippen molar-refractivity contribution in [3.05, 3.63) is 42.0 Å². The van der Waals surface area contributed by atoms with Gasteiger partial charge in [0.25, 0.3) is 0 Å². The van der Waals surface area contributed by atoms with E-state index < -0.39 is 0 Å². The molecule has 2 aromatic rings. The minimum absolute atomic E-state index is 0.118. The number of para-hydroxylation sites is 2. The van der Waals surface area contributed by atoms with Crippen molar-refractivity contribution in [2.45, 2.75) is 26.4 Å². The maximum atomic E-state index is 5.99. The number of ether oxygens (including phenoxy) is 5. The van der Waals surface area contributed by atoms with Crippen LogP contribution in [0.5, 0.6) is 28.7 Å². The van der Waals surface area contributed by atoms with Crippen LogP contribution in [-0.4, -0.2) is 60.1 Å². The number of nitrogens with one attached hydrogen (secondary N) is 2. The van der Waals surface area contributed by atoms with E-state index in [-0.39, 0.29) is 6.10 Å². The molecule has 2 aromatic carbocycles. The van der Waals surface area contributed by atoms with E-state index in [1.165, 1.54) is 0 Å². The van der Waals surface area contributed by atoms with E-state index >= 15 is 0 Å². The Morgan fingerprint density at radius 2 is 1.53 bits per heavy atom. The smallest absolute Gasteiger partial charge is 0.203 e. The Morgan fingerprint density at radius 3 is 2.16 bits per heavy atom. The van der Waals surface area contributed by atoms with Crippen LogP contribution >= 0.6 is 0 Å². The van der Waals surface area contributed by atoms with Gasteiger partial charge in [0.1, 0.15) is 6.10 Å². The van der Waals surface area contributed by atoms with Gasteiger partial charge in [-0.1, -0.05) is 18.2 Å². The van der Waals surface area contributed by atoms with Crippen LogP contribution in [0.4, 0.5) is 0 Å². The minimum Gasteiger partial charge on any atom is -0.493 e. The predicted molar refractivity (Wildman–Crippen MR) is 127 cm³/mol. The van der Waals surface area contributed by atoms with E-state index in [2.05, 4.69) is 15.6 Å². The summed E-state index contributed by atoms with van der Waals surface area (Å²) >= 11 is 0. The Balaban J connectivity index is 1.98. The van der Waals surface area contributed by atoms with Gasteiger partial charge in [0.2, 0.25) is 5.75 Å². The molecule has 0 aliphatic carbocycles. The third-order valence-electron chi connectivity index (χ3n) is 4.72. The average Bonchev–Trinajstić information content (AvgIpc) is 2.82. The average molecular weight is 446 g/mol. The fourth-order valence-electron chi connectivity index (χ4n) is 3.21. The van der Waals surface area contributed by atoms with Crippen molar-refractivity contribution in [3.8, 4) is 28.7 Å². The highest BCUT2D eigenvalue weighted by Gasteiger charge is 2.15. The van der Waals surface area contributed by atoms with Crippen molar-refractivity contribution in [1.82, 2.24) is 10.6 Å². The van der Waals surface area contributed by atoms with Gasteiger partial charge in [0, 0.05) is 18.7 Å². The van der Waals surface area contributed by atoms with Crippen LogP contribution in [0.25, 0.3) is 0 Å². The molecule has 1 unspecified atom stereocenters. The van der Waals surface area contributed by atoms with Gasteiger partial charge in [0.05, 0.1) is 35.0 Å². The first-order chi connectivity index (χ1) is 15.6. The number of aliphatic imine (C=N–C) groups is 1. The van der Waals surface area contributed by atoms with Crippen LogP contribution in [0.3, 0.4) is 0 Å². The second-order valence-electron chi connectivity index (χ2n) is 6.97.